The third kappa shape index (κ3) is 13.0. The van der Waals surface area contributed by atoms with E-state index in [-0.39, 0.29) is 42.4 Å². The van der Waals surface area contributed by atoms with E-state index in [4.69, 9.17) is 4.74 Å². The molecule has 0 amide bonds. The third-order valence-corrected chi connectivity index (χ3v) is 8.23. The van der Waals surface area contributed by atoms with Crippen LogP contribution in [0.25, 0.3) is 0 Å². The number of ketones is 1. The summed E-state index contributed by atoms with van der Waals surface area (Å²) in [5.41, 5.74) is 0. The Kier molecular flexibility index (Phi) is 14.4. The molecule has 32 heavy (non-hydrogen) atoms. The molecule has 186 valence electrons. The molecule has 0 aromatic rings. The summed E-state index contributed by atoms with van der Waals surface area (Å²) in [5, 5.41) is 20.3. The zero-order chi connectivity index (χ0) is 24.0. The summed E-state index contributed by atoms with van der Waals surface area (Å²) >= 11 is 0. The smallest absolute Gasteiger partial charge is 0.305 e. The molecule has 0 spiro atoms. The van der Waals surface area contributed by atoms with E-state index in [9.17, 15) is 28.2 Å². The topological polar surface area (TPSA) is 118 Å². The van der Waals surface area contributed by atoms with Crippen LogP contribution in [-0.2, 0) is 23.2 Å². The van der Waals surface area contributed by atoms with Gasteiger partial charge in [0, 0.05) is 36.7 Å². The number of esters is 1. The quantitative estimate of drug-likeness (QED) is 0.137. The van der Waals surface area contributed by atoms with Crippen LogP contribution >= 0.6 is 10.8 Å². The number of hydrogen-bond acceptors (Lipinski definition) is 8. The normalized spacial score (nSPS) is 22.5. The first-order chi connectivity index (χ1) is 15.1. The Morgan fingerprint density at radius 1 is 1.22 bits per heavy atom. The molecule has 0 radical (unpaired) electrons. The molecular formula is C23H40O7S2. The molecule has 1 aliphatic rings. The minimum Gasteiger partial charge on any atom is -0.465 e. The van der Waals surface area contributed by atoms with Crippen LogP contribution in [0.2, 0.25) is 0 Å². The molecule has 0 aromatic heterocycles. The van der Waals surface area contributed by atoms with Gasteiger partial charge in [-0.1, -0.05) is 57.6 Å². The summed E-state index contributed by atoms with van der Waals surface area (Å²) in [7, 11) is -2.35. The van der Waals surface area contributed by atoms with Gasteiger partial charge in [-0.05, 0) is 30.1 Å². The average Bonchev–Trinajstić information content (AvgIpc) is 2.98. The molecular weight excluding hydrogens is 452 g/mol. The molecule has 1 rings (SSSR count). The van der Waals surface area contributed by atoms with Gasteiger partial charge in [-0.3, -0.25) is 9.59 Å². The highest BCUT2D eigenvalue weighted by Gasteiger charge is 2.39. The number of Topliss-reactive ketones (excluding diaryl/α,β-unsaturated/α-hetero) is 1. The Morgan fingerprint density at radius 3 is 2.62 bits per heavy atom. The molecule has 0 aromatic carbocycles. The fourth-order valence-corrected chi connectivity index (χ4v) is 5.52. The molecule has 1 aliphatic carbocycles. The lowest BCUT2D eigenvalue weighted by atomic mass is 9.88. The summed E-state index contributed by atoms with van der Waals surface area (Å²) in [5.74, 6) is -0.444. The maximum Gasteiger partial charge on any atom is 0.305 e. The van der Waals surface area contributed by atoms with Gasteiger partial charge in [0.25, 0.3) is 0 Å². The van der Waals surface area contributed by atoms with Crippen LogP contribution in [0.5, 0.6) is 0 Å². The highest BCUT2D eigenvalue weighted by molar-refractivity contribution is 8.71. The summed E-state index contributed by atoms with van der Waals surface area (Å²) in [6, 6.07) is 0. The summed E-state index contributed by atoms with van der Waals surface area (Å²) in [6.45, 7) is 2.20. The number of aliphatic hydroxyl groups is 2. The van der Waals surface area contributed by atoms with E-state index in [2.05, 4.69) is 6.92 Å². The number of aliphatic hydroxyl groups excluding tert-OH is 2. The molecule has 0 bridgehead atoms. The van der Waals surface area contributed by atoms with E-state index in [1.807, 2.05) is 6.08 Å². The van der Waals surface area contributed by atoms with E-state index in [0.717, 1.165) is 55.6 Å². The summed E-state index contributed by atoms with van der Waals surface area (Å²) in [6.07, 6.45) is 11.7. The maximum absolute atomic E-state index is 12.3. The fourth-order valence-electron chi connectivity index (χ4n) is 3.95. The minimum absolute atomic E-state index is 0.0863. The first-order valence-electron chi connectivity index (χ1n) is 11.7. The number of hydrogen-bond donors (Lipinski definition) is 2. The maximum atomic E-state index is 12.3. The van der Waals surface area contributed by atoms with Gasteiger partial charge in [-0.2, -0.15) is 0 Å². The van der Waals surface area contributed by atoms with Gasteiger partial charge in [-0.15, -0.1) is 0 Å². The van der Waals surface area contributed by atoms with Crippen LogP contribution in [-0.4, -0.2) is 61.2 Å². The molecule has 9 heteroatoms. The zero-order valence-corrected chi connectivity index (χ0v) is 21.0. The van der Waals surface area contributed by atoms with Crippen LogP contribution in [0, 0.1) is 11.8 Å². The predicted octanol–water partition coefficient (Wildman–Crippen LogP) is 3.63. The average molecular weight is 493 g/mol. The molecule has 0 saturated heterocycles. The highest BCUT2D eigenvalue weighted by Crippen LogP contribution is 2.34. The third-order valence-electron chi connectivity index (χ3n) is 5.68. The van der Waals surface area contributed by atoms with E-state index in [1.54, 1.807) is 6.08 Å². The van der Waals surface area contributed by atoms with E-state index in [1.165, 1.54) is 0 Å². The lowest BCUT2D eigenvalue weighted by molar-refractivity contribution is -0.143. The summed E-state index contributed by atoms with van der Waals surface area (Å²) in [4.78, 5) is 24.0. The second-order valence-corrected chi connectivity index (χ2v) is 13.1. The number of carbonyl (C=O) groups is 2. The Bertz CT molecular complexity index is 690. The van der Waals surface area contributed by atoms with Gasteiger partial charge in [0.05, 0.1) is 12.2 Å². The Hall–Kier alpha value is -0.900. The first-order valence-corrected chi connectivity index (χ1v) is 15.1. The first kappa shape index (κ1) is 29.1. The molecule has 4 atom stereocenters. The Labute approximate surface area is 196 Å². The van der Waals surface area contributed by atoms with Crippen LogP contribution in [0.3, 0.4) is 0 Å². The van der Waals surface area contributed by atoms with Crippen molar-refractivity contribution in [3.63, 3.8) is 0 Å². The van der Waals surface area contributed by atoms with Crippen molar-refractivity contribution in [3.05, 3.63) is 12.2 Å². The number of ether oxygens (including phenoxy) is 1. The standard InChI is InChI=1S/C23H40O7S2/c1-3-4-7-10-18(24)13-14-20-19(21(25)17-22(20)26)11-8-5-6-9-12-23(27)30-15-16-31-32(2,28)29/h13-14,18-20,22,24,26H,3-12,15-17H2,1-2H3/b14-13+/t18-,19+,20+,22+/m0/s1. The molecule has 0 aliphatic heterocycles. The van der Waals surface area contributed by atoms with E-state index >= 15 is 0 Å². The van der Waals surface area contributed by atoms with Gasteiger partial charge in [0.15, 0.2) is 8.87 Å². The molecule has 2 N–H and O–H groups in total. The minimum atomic E-state index is -3.11. The van der Waals surface area contributed by atoms with Crippen molar-refractivity contribution in [2.45, 2.75) is 89.8 Å². The molecule has 7 nitrogen and oxygen atoms in total. The lowest BCUT2D eigenvalue weighted by Crippen LogP contribution is -2.19. The SMILES string of the molecule is CCCCC[C@H](O)/C=C/[C@H]1[C@H](O)CC(=O)[C@@H]1CCCCCCC(=O)OCCSS(C)(=O)=O. The van der Waals surface area contributed by atoms with E-state index in [0.29, 0.717) is 25.7 Å². The molecule has 0 unspecified atom stereocenters. The van der Waals surface area contributed by atoms with Crippen molar-refractivity contribution < 1.29 is 33.0 Å². The zero-order valence-electron chi connectivity index (χ0n) is 19.4. The number of carbonyl (C=O) groups excluding carboxylic acids is 2. The van der Waals surface area contributed by atoms with Gasteiger partial charge >= 0.3 is 5.97 Å². The van der Waals surface area contributed by atoms with Gasteiger partial charge in [-0.25, -0.2) is 8.42 Å². The molecule has 0 heterocycles. The Balaban J connectivity index is 2.24. The van der Waals surface area contributed by atoms with E-state index < -0.39 is 21.1 Å². The van der Waals surface area contributed by atoms with Gasteiger partial charge < -0.3 is 14.9 Å². The van der Waals surface area contributed by atoms with Crippen LogP contribution in [0.15, 0.2) is 12.2 Å². The van der Waals surface area contributed by atoms with Crippen LogP contribution in [0.1, 0.15) is 77.6 Å². The van der Waals surface area contributed by atoms with Gasteiger partial charge in [0.2, 0.25) is 0 Å². The van der Waals surface area contributed by atoms with Gasteiger partial charge in [0.1, 0.15) is 12.4 Å². The Morgan fingerprint density at radius 2 is 1.94 bits per heavy atom. The second kappa shape index (κ2) is 15.9. The lowest BCUT2D eigenvalue weighted by Gasteiger charge is -2.18. The molecule has 1 saturated carbocycles. The number of rotatable bonds is 17. The van der Waals surface area contributed by atoms with Crippen LogP contribution < -0.4 is 0 Å². The highest BCUT2D eigenvalue weighted by atomic mass is 33.1. The van der Waals surface area contributed by atoms with Crippen molar-refractivity contribution in [1.82, 2.24) is 0 Å². The monoisotopic (exact) mass is 492 g/mol. The number of unbranched alkanes of at least 4 members (excludes halogenated alkanes) is 5. The molecule has 1 fully saturated rings. The van der Waals surface area contributed by atoms with Crippen LogP contribution in [0.4, 0.5) is 0 Å². The largest absolute Gasteiger partial charge is 0.465 e. The van der Waals surface area contributed by atoms with Crippen molar-refractivity contribution >= 4 is 31.4 Å². The van der Waals surface area contributed by atoms with Crippen molar-refractivity contribution in [1.29, 1.82) is 0 Å². The van der Waals surface area contributed by atoms with Crippen molar-refractivity contribution in [3.8, 4) is 0 Å². The summed E-state index contributed by atoms with van der Waals surface area (Å²) < 4.78 is 27.0. The second-order valence-electron chi connectivity index (χ2n) is 8.57. The predicted molar refractivity (Wildman–Crippen MR) is 128 cm³/mol. The fraction of sp³-hybridized carbons (Fsp3) is 0.826. The van der Waals surface area contributed by atoms with Crippen molar-refractivity contribution in [2.24, 2.45) is 11.8 Å². The van der Waals surface area contributed by atoms with Crippen molar-refractivity contribution in [2.75, 3.05) is 18.6 Å².